The van der Waals surface area contributed by atoms with Gasteiger partial charge in [-0.15, -0.1) is 0 Å². The number of fused-ring (bicyclic) bond motifs is 1. The molecule has 0 bridgehead atoms. The summed E-state index contributed by atoms with van der Waals surface area (Å²) in [5, 5.41) is 27.5. The van der Waals surface area contributed by atoms with Crippen molar-refractivity contribution in [2.75, 3.05) is 18.1 Å². The molecule has 1 aromatic heterocycles. The number of nitrogens with one attached hydrogen (secondary N) is 3. The number of sulfone groups is 1. The van der Waals surface area contributed by atoms with Gasteiger partial charge in [-0.05, 0) is 63.1 Å². The van der Waals surface area contributed by atoms with Crippen molar-refractivity contribution in [3.8, 4) is 0 Å². The van der Waals surface area contributed by atoms with E-state index in [4.69, 9.17) is 4.98 Å². The maximum atomic E-state index is 13.2. The van der Waals surface area contributed by atoms with Gasteiger partial charge in [-0.2, -0.15) is 0 Å². The Balaban J connectivity index is 1.40. The second-order valence-electron chi connectivity index (χ2n) is 12.6. The summed E-state index contributed by atoms with van der Waals surface area (Å²) in [6, 6.07) is 7.14. The number of rotatable bonds is 10. The molecule has 5 N–H and O–H groups in total. The van der Waals surface area contributed by atoms with Gasteiger partial charge in [0.05, 0.1) is 34.2 Å². The van der Waals surface area contributed by atoms with Crippen molar-refractivity contribution in [1.29, 1.82) is 0 Å². The number of aliphatic carboxylic acids is 1. The highest BCUT2D eigenvalue weighted by atomic mass is 32.2. The molecule has 3 heterocycles. The Morgan fingerprint density at radius 3 is 2.39 bits per heavy atom. The third kappa shape index (κ3) is 8.28. The van der Waals surface area contributed by atoms with Crippen LogP contribution in [0.15, 0.2) is 36.4 Å². The minimum Gasteiger partial charge on any atom is -0.481 e. The molecule has 2 aliphatic rings. The van der Waals surface area contributed by atoms with E-state index in [2.05, 4.69) is 16.1 Å². The SMILES string of the molecule is CC(C)[C@H](O)C(=O)N[C@@H](C)C(=O)N1CCC[C@@H](C(=O)N[C@H](C)c2ccc3ccc(/C=C/C4(C(=O)O)CCS(=O)(=O)CC4)cc3n2)N1. The zero-order chi connectivity index (χ0) is 33.8. The predicted octanol–water partition coefficient (Wildman–Crippen LogP) is 1.72. The van der Waals surface area contributed by atoms with Gasteiger partial charge < -0.3 is 20.8 Å². The number of hydrogen-bond acceptors (Lipinski definition) is 9. The average molecular weight is 658 g/mol. The summed E-state index contributed by atoms with van der Waals surface area (Å²) < 4.78 is 23.7. The Bertz CT molecular complexity index is 1610. The quantitative estimate of drug-likeness (QED) is 0.251. The minimum atomic E-state index is -3.23. The number of hydrogen-bond donors (Lipinski definition) is 5. The number of hydrazine groups is 1. The monoisotopic (exact) mass is 657 g/mol. The van der Waals surface area contributed by atoms with E-state index in [-0.39, 0.29) is 36.2 Å². The first-order valence-electron chi connectivity index (χ1n) is 15.5. The number of nitrogens with zero attached hydrogens (tertiary/aromatic N) is 2. The van der Waals surface area contributed by atoms with E-state index in [1.54, 1.807) is 32.9 Å². The van der Waals surface area contributed by atoms with E-state index in [1.165, 1.54) is 11.9 Å². The van der Waals surface area contributed by atoms with Crippen LogP contribution < -0.4 is 16.1 Å². The Kier molecular flexibility index (Phi) is 10.8. The number of carbonyl (C=O) groups excluding carboxylic acids is 3. The second-order valence-corrected chi connectivity index (χ2v) is 14.9. The van der Waals surface area contributed by atoms with Gasteiger partial charge >= 0.3 is 5.97 Å². The number of carboxylic acid groups (broad SMARTS) is 1. The zero-order valence-electron chi connectivity index (χ0n) is 26.5. The molecule has 0 radical (unpaired) electrons. The fourth-order valence-corrected chi connectivity index (χ4v) is 7.08. The summed E-state index contributed by atoms with van der Waals surface area (Å²) in [5.41, 5.74) is 3.67. The van der Waals surface area contributed by atoms with Crippen LogP contribution in [0.2, 0.25) is 0 Å². The Hall–Kier alpha value is -3.88. The van der Waals surface area contributed by atoms with E-state index in [1.807, 2.05) is 30.3 Å². The maximum Gasteiger partial charge on any atom is 0.313 e. The first kappa shape index (κ1) is 35.0. The Morgan fingerprint density at radius 2 is 1.74 bits per heavy atom. The van der Waals surface area contributed by atoms with Crippen molar-refractivity contribution in [2.24, 2.45) is 11.3 Å². The molecule has 250 valence electrons. The fourth-order valence-electron chi connectivity index (χ4n) is 5.52. The van der Waals surface area contributed by atoms with Gasteiger partial charge in [0.25, 0.3) is 5.91 Å². The van der Waals surface area contributed by atoms with Crippen molar-refractivity contribution in [3.63, 3.8) is 0 Å². The smallest absolute Gasteiger partial charge is 0.313 e. The predicted molar refractivity (Wildman–Crippen MR) is 172 cm³/mol. The third-order valence-corrected chi connectivity index (χ3v) is 10.3. The number of aromatic nitrogens is 1. The van der Waals surface area contributed by atoms with Gasteiger partial charge in [0.15, 0.2) is 0 Å². The molecule has 2 aromatic rings. The first-order chi connectivity index (χ1) is 21.6. The van der Waals surface area contributed by atoms with Crippen LogP contribution in [0.1, 0.15) is 70.7 Å². The summed E-state index contributed by atoms with van der Waals surface area (Å²) in [5.74, 6) is -3.05. The number of benzene rings is 1. The normalized spacial score (nSPS) is 21.4. The number of carboxylic acids is 1. The molecule has 0 unspecified atom stereocenters. The van der Waals surface area contributed by atoms with Crippen molar-refractivity contribution >= 4 is 50.5 Å². The molecule has 0 aliphatic carbocycles. The van der Waals surface area contributed by atoms with Gasteiger partial charge in [-0.3, -0.25) is 29.2 Å². The molecule has 13 nitrogen and oxygen atoms in total. The van der Waals surface area contributed by atoms with Crippen molar-refractivity contribution in [2.45, 2.75) is 77.6 Å². The molecule has 1 aromatic carbocycles. The number of aliphatic hydroxyl groups is 1. The molecule has 2 saturated heterocycles. The molecule has 2 aliphatic heterocycles. The summed E-state index contributed by atoms with van der Waals surface area (Å²) in [6.45, 7) is 7.09. The lowest BCUT2D eigenvalue weighted by Crippen LogP contribution is -2.61. The Labute approximate surface area is 268 Å². The molecule has 2 fully saturated rings. The van der Waals surface area contributed by atoms with Gasteiger partial charge in [0, 0.05) is 11.9 Å². The molecule has 4 atom stereocenters. The van der Waals surface area contributed by atoms with E-state index >= 15 is 0 Å². The van der Waals surface area contributed by atoms with E-state index in [0.29, 0.717) is 36.2 Å². The van der Waals surface area contributed by atoms with Gasteiger partial charge in [-0.1, -0.05) is 44.2 Å². The lowest BCUT2D eigenvalue weighted by Gasteiger charge is -2.35. The lowest BCUT2D eigenvalue weighted by molar-refractivity contribution is -0.146. The summed E-state index contributed by atoms with van der Waals surface area (Å²) in [7, 11) is -3.23. The highest BCUT2D eigenvalue weighted by Gasteiger charge is 2.41. The van der Waals surface area contributed by atoms with Crippen LogP contribution in [-0.2, 0) is 29.0 Å². The van der Waals surface area contributed by atoms with Crippen LogP contribution in [0, 0.1) is 11.3 Å². The topological polar surface area (TPSA) is 195 Å². The molecule has 14 heteroatoms. The lowest BCUT2D eigenvalue weighted by atomic mass is 9.81. The van der Waals surface area contributed by atoms with Crippen LogP contribution >= 0.6 is 0 Å². The van der Waals surface area contributed by atoms with Crippen LogP contribution in [0.5, 0.6) is 0 Å². The van der Waals surface area contributed by atoms with Gasteiger partial charge in [0.1, 0.15) is 28.0 Å². The molecule has 0 saturated carbocycles. The first-order valence-corrected chi connectivity index (χ1v) is 17.3. The van der Waals surface area contributed by atoms with Crippen molar-refractivity contribution < 1.29 is 37.8 Å². The van der Waals surface area contributed by atoms with Crippen LogP contribution in [0.4, 0.5) is 0 Å². The second kappa shape index (κ2) is 14.3. The van der Waals surface area contributed by atoms with Crippen LogP contribution in [0.25, 0.3) is 17.0 Å². The maximum absolute atomic E-state index is 13.2. The van der Waals surface area contributed by atoms with Crippen molar-refractivity contribution in [3.05, 3.63) is 47.7 Å². The molecular formula is C32H43N5O8S. The molecule has 0 spiro atoms. The van der Waals surface area contributed by atoms with E-state index in [0.717, 1.165) is 5.39 Å². The number of amides is 3. The molecule has 46 heavy (non-hydrogen) atoms. The summed E-state index contributed by atoms with van der Waals surface area (Å²) >= 11 is 0. The number of aliphatic hydroxyl groups excluding tert-OH is 1. The van der Waals surface area contributed by atoms with E-state index in [9.17, 15) is 37.8 Å². The standard InChI is InChI=1S/C32H43N5O8S/c1-19(2)27(38)29(40)34-21(4)30(41)37-15-5-6-25(36-37)28(39)33-20(3)24-10-9-23-8-7-22(18-26(23)35-24)11-12-32(31(42)43)13-16-46(44,45)17-14-32/h7-12,18-21,25,27,36,38H,5-6,13-17H2,1-4H3,(H,33,39)(H,34,40)(H,42,43)/b12-11+/t20-,21+,25+,27+/m1/s1. The highest BCUT2D eigenvalue weighted by Crippen LogP contribution is 2.35. The Morgan fingerprint density at radius 1 is 1.07 bits per heavy atom. The van der Waals surface area contributed by atoms with Gasteiger partial charge in [-0.25, -0.2) is 13.8 Å². The number of pyridine rings is 1. The number of carbonyl (C=O) groups is 4. The molecule has 4 rings (SSSR count). The molecular weight excluding hydrogens is 614 g/mol. The van der Waals surface area contributed by atoms with Crippen LogP contribution in [-0.4, -0.2) is 88.6 Å². The highest BCUT2D eigenvalue weighted by molar-refractivity contribution is 7.91. The van der Waals surface area contributed by atoms with Crippen LogP contribution in [0.3, 0.4) is 0 Å². The zero-order valence-corrected chi connectivity index (χ0v) is 27.3. The average Bonchev–Trinajstić information content (AvgIpc) is 3.03. The molecule has 3 amide bonds. The minimum absolute atomic E-state index is 0.0220. The van der Waals surface area contributed by atoms with Gasteiger partial charge in [0.2, 0.25) is 11.8 Å². The van der Waals surface area contributed by atoms with Crippen molar-refractivity contribution in [1.82, 2.24) is 26.1 Å². The third-order valence-electron chi connectivity index (χ3n) is 8.68. The fraction of sp³-hybridized carbons (Fsp3) is 0.531. The summed E-state index contributed by atoms with van der Waals surface area (Å²) in [4.78, 5) is 55.2. The largest absolute Gasteiger partial charge is 0.481 e. The van der Waals surface area contributed by atoms with E-state index < -0.39 is 57.3 Å². The summed E-state index contributed by atoms with van der Waals surface area (Å²) in [6.07, 6.45) is 3.15.